The Hall–Kier alpha value is -2.72. The first kappa shape index (κ1) is 16.6. The van der Waals surface area contributed by atoms with Crippen LogP contribution >= 0.6 is 0 Å². The third-order valence-electron chi connectivity index (χ3n) is 3.07. The van der Waals surface area contributed by atoms with Gasteiger partial charge in [-0.15, -0.1) is 0 Å². The number of aromatic amines is 1. The number of anilines is 1. The van der Waals surface area contributed by atoms with Crippen molar-refractivity contribution in [1.82, 2.24) is 4.98 Å². The number of nitro groups is 1. The normalized spacial score (nSPS) is 11.8. The van der Waals surface area contributed by atoms with Gasteiger partial charge in [0.2, 0.25) is 10.0 Å². The second-order valence-corrected chi connectivity index (χ2v) is 6.45. The second kappa shape index (κ2) is 6.18. The van der Waals surface area contributed by atoms with Crippen molar-refractivity contribution in [2.24, 2.45) is 10.2 Å². The molecular weight excluding hydrogens is 322 g/mol. The maximum atomic E-state index is 11.3. The van der Waals surface area contributed by atoms with E-state index in [9.17, 15) is 18.5 Å². The van der Waals surface area contributed by atoms with Crippen LogP contribution in [-0.4, -0.2) is 24.5 Å². The minimum Gasteiger partial charge on any atom is -0.362 e. The second-order valence-electron chi connectivity index (χ2n) is 4.88. The summed E-state index contributed by atoms with van der Waals surface area (Å²) < 4.78 is 22.5. The zero-order chi connectivity index (χ0) is 17.2. The van der Waals surface area contributed by atoms with E-state index in [-0.39, 0.29) is 10.6 Å². The number of rotatable bonds is 5. The lowest BCUT2D eigenvalue weighted by atomic mass is 10.2. The van der Waals surface area contributed by atoms with Crippen LogP contribution in [-0.2, 0) is 10.0 Å². The molecule has 122 valence electrons. The number of benzene rings is 1. The Morgan fingerprint density at radius 3 is 2.57 bits per heavy atom. The standard InChI is InChI=1S/C13H15N5O4S/c1-8-5-10(9(2)16-8)7-15-17-12-4-3-11(23(14,21)22)6-13(12)18(19)20/h3-7,16-17H,1-2H3,(H2,14,21,22)/b15-7+. The van der Waals surface area contributed by atoms with Crippen molar-refractivity contribution < 1.29 is 13.3 Å². The maximum absolute atomic E-state index is 11.3. The van der Waals surface area contributed by atoms with E-state index in [1.54, 1.807) is 0 Å². The Balaban J connectivity index is 2.29. The summed E-state index contributed by atoms with van der Waals surface area (Å²) in [4.78, 5) is 13.1. The van der Waals surface area contributed by atoms with Crippen LogP contribution in [0.25, 0.3) is 0 Å². The molecule has 0 aliphatic heterocycles. The molecule has 0 unspecified atom stereocenters. The van der Waals surface area contributed by atoms with E-state index in [0.717, 1.165) is 23.0 Å². The maximum Gasteiger partial charge on any atom is 0.295 e. The van der Waals surface area contributed by atoms with Crippen molar-refractivity contribution in [3.05, 3.63) is 51.3 Å². The number of aromatic nitrogens is 1. The topological polar surface area (TPSA) is 143 Å². The third kappa shape index (κ3) is 3.93. The van der Waals surface area contributed by atoms with E-state index in [0.29, 0.717) is 0 Å². The highest BCUT2D eigenvalue weighted by atomic mass is 32.2. The highest BCUT2D eigenvalue weighted by Crippen LogP contribution is 2.27. The first-order chi connectivity index (χ1) is 10.7. The molecule has 2 rings (SSSR count). The number of hydrazone groups is 1. The molecule has 4 N–H and O–H groups in total. The zero-order valence-corrected chi connectivity index (χ0v) is 13.2. The van der Waals surface area contributed by atoms with Gasteiger partial charge in [-0.25, -0.2) is 13.6 Å². The molecule has 1 aromatic carbocycles. The summed E-state index contributed by atoms with van der Waals surface area (Å²) in [5, 5.41) is 20.0. The number of hydrogen-bond acceptors (Lipinski definition) is 6. The summed E-state index contributed by atoms with van der Waals surface area (Å²) in [6.45, 7) is 3.77. The lowest BCUT2D eigenvalue weighted by Crippen LogP contribution is -2.12. The van der Waals surface area contributed by atoms with Gasteiger partial charge in [0.15, 0.2) is 0 Å². The van der Waals surface area contributed by atoms with Gasteiger partial charge in [0.05, 0.1) is 16.0 Å². The summed E-state index contributed by atoms with van der Waals surface area (Å²) in [6.07, 6.45) is 1.51. The van der Waals surface area contributed by atoms with E-state index >= 15 is 0 Å². The average molecular weight is 337 g/mol. The van der Waals surface area contributed by atoms with Crippen molar-refractivity contribution in [1.29, 1.82) is 0 Å². The number of nitrogens with one attached hydrogen (secondary N) is 2. The van der Waals surface area contributed by atoms with Crippen molar-refractivity contribution in [2.75, 3.05) is 5.43 Å². The molecule has 0 amide bonds. The number of nitrogens with two attached hydrogens (primary N) is 1. The molecule has 0 aliphatic carbocycles. The molecule has 0 bridgehead atoms. The van der Waals surface area contributed by atoms with Gasteiger partial charge in [-0.05, 0) is 32.0 Å². The van der Waals surface area contributed by atoms with Gasteiger partial charge in [0, 0.05) is 23.0 Å². The lowest BCUT2D eigenvalue weighted by Gasteiger charge is -2.04. The van der Waals surface area contributed by atoms with Gasteiger partial charge < -0.3 is 4.98 Å². The molecule has 0 atom stereocenters. The Morgan fingerprint density at radius 1 is 1.35 bits per heavy atom. The molecule has 9 nitrogen and oxygen atoms in total. The van der Waals surface area contributed by atoms with Gasteiger partial charge in [-0.3, -0.25) is 15.5 Å². The summed E-state index contributed by atoms with van der Waals surface area (Å²) in [6, 6.07) is 5.17. The van der Waals surface area contributed by atoms with Crippen LogP contribution in [0.15, 0.2) is 34.3 Å². The average Bonchev–Trinajstić information content (AvgIpc) is 2.76. The Labute approximate surface area is 132 Å². The number of aryl methyl sites for hydroxylation is 2. The van der Waals surface area contributed by atoms with Gasteiger partial charge in [-0.1, -0.05) is 0 Å². The largest absolute Gasteiger partial charge is 0.362 e. The summed E-state index contributed by atoms with van der Waals surface area (Å²) >= 11 is 0. The first-order valence-electron chi connectivity index (χ1n) is 6.45. The Bertz CT molecular complexity index is 886. The molecule has 1 aromatic heterocycles. The van der Waals surface area contributed by atoms with E-state index in [1.165, 1.54) is 18.3 Å². The molecule has 1 heterocycles. The van der Waals surface area contributed by atoms with Crippen LogP contribution in [0.1, 0.15) is 17.0 Å². The van der Waals surface area contributed by atoms with Crippen LogP contribution in [0.3, 0.4) is 0 Å². The first-order valence-corrected chi connectivity index (χ1v) is 7.99. The summed E-state index contributed by atoms with van der Waals surface area (Å²) in [5.74, 6) is 0. The van der Waals surface area contributed by atoms with E-state index in [4.69, 9.17) is 5.14 Å². The van der Waals surface area contributed by atoms with Crippen molar-refractivity contribution in [2.45, 2.75) is 18.7 Å². The molecule has 2 aromatic rings. The number of primary sulfonamides is 1. The van der Waals surface area contributed by atoms with E-state index in [1.807, 2.05) is 19.9 Å². The Kier molecular flexibility index (Phi) is 4.48. The van der Waals surface area contributed by atoms with Gasteiger partial charge in [0.25, 0.3) is 5.69 Å². The number of sulfonamides is 1. The minimum atomic E-state index is -4.02. The fourth-order valence-corrected chi connectivity index (χ4v) is 2.52. The molecule has 0 radical (unpaired) electrons. The monoisotopic (exact) mass is 337 g/mol. The van der Waals surface area contributed by atoms with Gasteiger partial charge in [-0.2, -0.15) is 5.10 Å². The predicted octanol–water partition coefficient (Wildman–Crippen LogP) is 1.63. The van der Waals surface area contributed by atoms with Crippen molar-refractivity contribution >= 4 is 27.6 Å². The fourth-order valence-electron chi connectivity index (χ4n) is 1.98. The molecule has 0 spiro atoms. The summed E-state index contributed by atoms with van der Waals surface area (Å²) in [7, 11) is -4.02. The van der Waals surface area contributed by atoms with Crippen molar-refractivity contribution in [3.8, 4) is 0 Å². The molecule has 0 fully saturated rings. The van der Waals surface area contributed by atoms with Crippen LogP contribution < -0.4 is 10.6 Å². The summed E-state index contributed by atoms with van der Waals surface area (Å²) in [5.41, 5.74) is 4.87. The van der Waals surface area contributed by atoms with Crippen LogP contribution in [0, 0.1) is 24.0 Å². The predicted molar refractivity (Wildman–Crippen MR) is 86.0 cm³/mol. The zero-order valence-electron chi connectivity index (χ0n) is 12.4. The Morgan fingerprint density at radius 2 is 2.04 bits per heavy atom. The number of hydrogen-bond donors (Lipinski definition) is 3. The quantitative estimate of drug-likeness (QED) is 0.431. The number of H-pyrrole nitrogens is 1. The molecule has 10 heteroatoms. The van der Waals surface area contributed by atoms with Gasteiger partial charge >= 0.3 is 0 Å². The fraction of sp³-hybridized carbons (Fsp3) is 0.154. The number of nitrogens with zero attached hydrogens (tertiary/aromatic N) is 2. The van der Waals surface area contributed by atoms with Crippen LogP contribution in [0.5, 0.6) is 0 Å². The van der Waals surface area contributed by atoms with Crippen LogP contribution in [0.4, 0.5) is 11.4 Å². The molecule has 0 saturated carbocycles. The molecular formula is C13H15N5O4S. The van der Waals surface area contributed by atoms with E-state index in [2.05, 4.69) is 15.5 Å². The molecule has 0 aliphatic rings. The lowest BCUT2D eigenvalue weighted by molar-refractivity contribution is -0.384. The highest BCUT2D eigenvalue weighted by Gasteiger charge is 2.18. The smallest absolute Gasteiger partial charge is 0.295 e. The van der Waals surface area contributed by atoms with Gasteiger partial charge in [0.1, 0.15) is 5.69 Å². The number of nitro benzene ring substituents is 1. The highest BCUT2D eigenvalue weighted by molar-refractivity contribution is 7.89. The van der Waals surface area contributed by atoms with E-state index < -0.39 is 20.6 Å². The van der Waals surface area contributed by atoms with Crippen molar-refractivity contribution in [3.63, 3.8) is 0 Å². The van der Waals surface area contributed by atoms with Crippen LogP contribution in [0.2, 0.25) is 0 Å². The molecule has 23 heavy (non-hydrogen) atoms. The minimum absolute atomic E-state index is 0.0589. The SMILES string of the molecule is Cc1cc(/C=N/Nc2ccc(S(N)(=O)=O)cc2[N+](=O)[O-])c(C)[nH]1. The molecule has 0 saturated heterocycles. The third-order valence-corrected chi connectivity index (χ3v) is 3.98.